The van der Waals surface area contributed by atoms with Crippen molar-refractivity contribution in [2.24, 2.45) is 0 Å². The van der Waals surface area contributed by atoms with Crippen molar-refractivity contribution in [3.63, 3.8) is 0 Å². The van der Waals surface area contributed by atoms with E-state index in [1.165, 1.54) is 4.90 Å². The van der Waals surface area contributed by atoms with Crippen molar-refractivity contribution >= 4 is 17.8 Å². The number of benzene rings is 3. The normalized spacial score (nSPS) is 10.6. The van der Waals surface area contributed by atoms with Gasteiger partial charge in [-0.2, -0.15) is 0 Å². The van der Waals surface area contributed by atoms with E-state index in [2.05, 4.69) is 4.98 Å². The van der Waals surface area contributed by atoms with E-state index in [1.807, 2.05) is 55.5 Å². The lowest BCUT2D eigenvalue weighted by molar-refractivity contribution is -0.137. The maximum atomic E-state index is 14.1. The number of aliphatic carboxylic acids is 1. The van der Waals surface area contributed by atoms with Gasteiger partial charge in [-0.1, -0.05) is 42.5 Å². The van der Waals surface area contributed by atoms with E-state index in [0.29, 0.717) is 46.7 Å². The van der Waals surface area contributed by atoms with E-state index in [4.69, 9.17) is 9.47 Å². The fourth-order valence-corrected chi connectivity index (χ4v) is 5.07. The third kappa shape index (κ3) is 7.80. The van der Waals surface area contributed by atoms with Crippen LogP contribution in [-0.4, -0.2) is 72.0 Å². The molecule has 0 saturated heterocycles. The minimum atomic E-state index is -1.00. The average molecular weight is 596 g/mol. The second-order valence-electron chi connectivity index (χ2n) is 10.4. The number of carboxylic acid groups (broad SMARTS) is 1. The molecule has 0 unspecified atom stereocenters. The number of carbonyl (C=O) groups excluding carboxylic acids is 2. The van der Waals surface area contributed by atoms with Gasteiger partial charge in [0.05, 0.1) is 32.9 Å². The quantitative estimate of drug-likeness (QED) is 0.217. The topological polar surface area (TPSA) is 109 Å². The fourth-order valence-electron chi connectivity index (χ4n) is 5.07. The summed E-state index contributed by atoms with van der Waals surface area (Å²) in [6.07, 6.45) is 0.205. The Hall–Kier alpha value is -5.18. The van der Waals surface area contributed by atoms with E-state index in [9.17, 15) is 19.5 Å². The molecule has 3 aromatic carbocycles. The molecule has 1 N–H and O–H groups in total. The number of methoxy groups -OCH3 is 2. The van der Waals surface area contributed by atoms with Gasteiger partial charge in [-0.15, -0.1) is 0 Å². The molecule has 0 aliphatic carbocycles. The van der Waals surface area contributed by atoms with Gasteiger partial charge in [-0.05, 0) is 72.5 Å². The van der Waals surface area contributed by atoms with E-state index < -0.39 is 5.97 Å². The summed E-state index contributed by atoms with van der Waals surface area (Å²) in [4.78, 5) is 47.0. The Bertz CT molecular complexity index is 1640. The molecule has 0 aliphatic heterocycles. The molecule has 0 spiro atoms. The Kier molecular flexibility index (Phi) is 10.7. The first kappa shape index (κ1) is 31.7. The Morgan fingerprint density at radius 1 is 0.795 bits per heavy atom. The van der Waals surface area contributed by atoms with Crippen molar-refractivity contribution in [2.45, 2.75) is 26.3 Å². The molecule has 0 aliphatic rings. The molecule has 4 rings (SSSR count). The first-order valence-corrected chi connectivity index (χ1v) is 14.3. The summed E-state index contributed by atoms with van der Waals surface area (Å²) in [6, 6.07) is 25.4. The Balaban J connectivity index is 1.65. The third-order valence-electron chi connectivity index (χ3n) is 7.32. The van der Waals surface area contributed by atoms with Gasteiger partial charge < -0.3 is 24.4 Å². The SMILES string of the molecule is COc1ccc(OC)c(CCN(CCC(=O)O)C(=O)c2ccccc2-c2ccccc2C(=O)N(C)Cc2cccc(C)n2)c1. The van der Waals surface area contributed by atoms with E-state index >= 15 is 0 Å². The van der Waals surface area contributed by atoms with Crippen molar-refractivity contribution < 1.29 is 29.0 Å². The molecule has 9 heteroatoms. The van der Waals surface area contributed by atoms with E-state index in [1.54, 1.807) is 62.6 Å². The maximum absolute atomic E-state index is 14.1. The number of hydrogen-bond acceptors (Lipinski definition) is 6. The molecule has 0 bridgehead atoms. The van der Waals surface area contributed by atoms with Gasteiger partial charge in [0.25, 0.3) is 11.8 Å². The second kappa shape index (κ2) is 14.8. The van der Waals surface area contributed by atoms with Crippen LogP contribution in [0.15, 0.2) is 84.9 Å². The third-order valence-corrected chi connectivity index (χ3v) is 7.32. The monoisotopic (exact) mass is 595 g/mol. The van der Waals surface area contributed by atoms with E-state index in [0.717, 1.165) is 17.0 Å². The Morgan fingerprint density at radius 2 is 1.45 bits per heavy atom. The number of nitrogens with zero attached hydrogens (tertiary/aromatic N) is 3. The molecule has 0 atom stereocenters. The van der Waals surface area contributed by atoms with Gasteiger partial charge >= 0.3 is 5.97 Å². The molecule has 2 amide bonds. The highest BCUT2D eigenvalue weighted by Crippen LogP contribution is 2.30. The molecule has 44 heavy (non-hydrogen) atoms. The first-order valence-electron chi connectivity index (χ1n) is 14.3. The predicted molar refractivity (Wildman–Crippen MR) is 168 cm³/mol. The van der Waals surface area contributed by atoms with Crippen molar-refractivity contribution in [3.8, 4) is 22.6 Å². The number of hydrogen-bond donors (Lipinski definition) is 1. The minimum absolute atomic E-state index is 0.0155. The van der Waals surface area contributed by atoms with Crippen molar-refractivity contribution in [3.05, 3.63) is 113 Å². The predicted octanol–water partition coefficient (Wildman–Crippen LogP) is 5.51. The molecule has 1 aromatic heterocycles. The smallest absolute Gasteiger partial charge is 0.305 e. The fraction of sp³-hybridized carbons (Fsp3) is 0.257. The molecule has 1 heterocycles. The van der Waals surface area contributed by atoms with Gasteiger partial charge in [0.1, 0.15) is 11.5 Å². The standard InChI is InChI=1S/C35H37N3O6/c1-24-10-9-11-26(36-24)23-37(2)34(41)30-14-7-5-12-28(30)29-13-6-8-15-31(29)35(42)38(21-19-33(39)40)20-18-25-22-27(43-3)16-17-32(25)44-4/h5-17,22H,18-21,23H2,1-4H3,(H,39,40). The molecule has 228 valence electrons. The van der Waals surface area contributed by atoms with Crippen molar-refractivity contribution in [2.75, 3.05) is 34.4 Å². The van der Waals surface area contributed by atoms with Crippen LogP contribution in [0.1, 0.15) is 44.1 Å². The van der Waals surface area contributed by atoms with Crippen LogP contribution in [0.25, 0.3) is 11.1 Å². The molecule has 0 radical (unpaired) electrons. The zero-order valence-electron chi connectivity index (χ0n) is 25.4. The van der Waals surface area contributed by atoms with Crippen LogP contribution in [0.2, 0.25) is 0 Å². The van der Waals surface area contributed by atoms with Crippen molar-refractivity contribution in [1.29, 1.82) is 0 Å². The largest absolute Gasteiger partial charge is 0.497 e. The van der Waals surface area contributed by atoms with Gasteiger partial charge in [0, 0.05) is 37.0 Å². The number of aromatic nitrogens is 1. The van der Waals surface area contributed by atoms with Crippen LogP contribution in [0.5, 0.6) is 11.5 Å². The van der Waals surface area contributed by atoms with Gasteiger partial charge in [0.15, 0.2) is 0 Å². The Morgan fingerprint density at radius 3 is 2.07 bits per heavy atom. The minimum Gasteiger partial charge on any atom is -0.497 e. The highest BCUT2D eigenvalue weighted by atomic mass is 16.5. The number of carboxylic acids is 1. The average Bonchev–Trinajstić information content (AvgIpc) is 3.03. The first-order chi connectivity index (χ1) is 21.2. The highest BCUT2D eigenvalue weighted by molar-refractivity contribution is 6.06. The molecular formula is C35H37N3O6. The molecule has 4 aromatic rings. The van der Waals surface area contributed by atoms with Gasteiger partial charge in [-0.25, -0.2) is 0 Å². The second-order valence-corrected chi connectivity index (χ2v) is 10.4. The molecule has 9 nitrogen and oxygen atoms in total. The van der Waals surface area contributed by atoms with Crippen LogP contribution in [0, 0.1) is 6.92 Å². The van der Waals surface area contributed by atoms with Crippen LogP contribution in [-0.2, 0) is 17.8 Å². The maximum Gasteiger partial charge on any atom is 0.305 e. The number of pyridine rings is 1. The molecule has 0 fully saturated rings. The summed E-state index contributed by atoms with van der Waals surface area (Å²) in [5.41, 5.74) is 4.49. The van der Waals surface area contributed by atoms with Crippen molar-refractivity contribution in [1.82, 2.24) is 14.8 Å². The molecule has 0 saturated carbocycles. The summed E-state index contributed by atoms with van der Waals surface area (Å²) >= 11 is 0. The van der Waals surface area contributed by atoms with Crippen LogP contribution in [0.4, 0.5) is 0 Å². The van der Waals surface area contributed by atoms with Crippen LogP contribution in [0.3, 0.4) is 0 Å². The van der Waals surface area contributed by atoms with Crippen LogP contribution >= 0.6 is 0 Å². The zero-order valence-corrected chi connectivity index (χ0v) is 25.4. The number of amides is 2. The Labute approximate surface area is 257 Å². The lowest BCUT2D eigenvalue weighted by Gasteiger charge is -2.25. The number of aryl methyl sites for hydroxylation is 1. The summed E-state index contributed by atoms with van der Waals surface area (Å²) < 4.78 is 10.9. The zero-order chi connectivity index (χ0) is 31.6. The highest BCUT2D eigenvalue weighted by Gasteiger charge is 2.24. The molecular weight excluding hydrogens is 558 g/mol. The van der Waals surface area contributed by atoms with Gasteiger partial charge in [0.2, 0.25) is 0 Å². The summed E-state index contributed by atoms with van der Waals surface area (Å²) in [6.45, 7) is 2.49. The number of ether oxygens (including phenoxy) is 2. The lowest BCUT2D eigenvalue weighted by Crippen LogP contribution is -2.35. The number of carbonyl (C=O) groups is 3. The van der Waals surface area contributed by atoms with Crippen LogP contribution < -0.4 is 9.47 Å². The lowest BCUT2D eigenvalue weighted by atomic mass is 9.94. The number of rotatable bonds is 13. The summed E-state index contributed by atoms with van der Waals surface area (Å²) in [5, 5.41) is 9.43. The van der Waals surface area contributed by atoms with Gasteiger partial charge in [-0.3, -0.25) is 19.4 Å². The van der Waals surface area contributed by atoms with E-state index in [-0.39, 0.29) is 31.3 Å². The summed E-state index contributed by atoms with van der Waals surface area (Å²) in [7, 11) is 4.87. The summed E-state index contributed by atoms with van der Waals surface area (Å²) in [5.74, 6) is -0.243.